The molecule has 0 aliphatic carbocycles. The number of hydrogen-bond acceptors (Lipinski definition) is 6. The number of pyridine rings is 2. The van der Waals surface area contributed by atoms with Crippen LogP contribution in [0.2, 0.25) is 0 Å². The summed E-state index contributed by atoms with van der Waals surface area (Å²) >= 11 is 4.32. The smallest absolute Gasteiger partial charge is 0.215 e. The van der Waals surface area contributed by atoms with Gasteiger partial charge >= 0.3 is 0 Å². The van der Waals surface area contributed by atoms with Crippen LogP contribution in [0, 0.1) is 12.7 Å². The lowest BCUT2D eigenvalue weighted by Crippen LogP contribution is -2.10. The van der Waals surface area contributed by atoms with Crippen LogP contribution < -0.4 is 14.8 Å². The van der Waals surface area contributed by atoms with Crippen LogP contribution in [0.3, 0.4) is 0 Å². The standard InChI is InChI=1S/C20H18FN3O2S/c1-12-2-3-14-15-9-18(22-10-16(15)21)23-19-7-13(11-27)8-20(24-19)26-5-4-25-17(14)6-12/h2-3,6-10,27H,4-5,11H2,1H3,(H,22,23,24). The monoisotopic (exact) mass is 383 g/mol. The maximum atomic E-state index is 14.5. The lowest BCUT2D eigenvalue weighted by atomic mass is 10.0. The van der Waals surface area contributed by atoms with E-state index in [4.69, 9.17) is 9.47 Å². The van der Waals surface area contributed by atoms with E-state index in [0.717, 1.165) is 11.1 Å². The molecule has 1 aliphatic heterocycles. The minimum absolute atomic E-state index is 0.311. The van der Waals surface area contributed by atoms with Crippen LogP contribution in [0.4, 0.5) is 16.0 Å². The Bertz CT molecular complexity index is 997. The van der Waals surface area contributed by atoms with Crippen molar-refractivity contribution in [3.8, 4) is 22.8 Å². The van der Waals surface area contributed by atoms with E-state index in [-0.39, 0.29) is 0 Å². The predicted molar refractivity (Wildman–Crippen MR) is 106 cm³/mol. The molecule has 0 saturated heterocycles. The molecule has 0 unspecified atom stereocenters. The number of halogens is 1. The topological polar surface area (TPSA) is 56.3 Å². The second-order valence-electron chi connectivity index (χ2n) is 6.23. The number of nitrogens with zero attached hydrogens (tertiary/aromatic N) is 2. The molecule has 7 heteroatoms. The number of thiol groups is 1. The number of hydrogen-bond donors (Lipinski definition) is 2. The Morgan fingerprint density at radius 1 is 1.07 bits per heavy atom. The molecule has 0 amide bonds. The Morgan fingerprint density at radius 2 is 1.93 bits per heavy atom. The van der Waals surface area contributed by atoms with Gasteiger partial charge in [-0.25, -0.2) is 9.37 Å². The van der Waals surface area contributed by atoms with Crippen LogP contribution in [-0.4, -0.2) is 23.2 Å². The fourth-order valence-corrected chi connectivity index (χ4v) is 3.08. The Kier molecular flexibility index (Phi) is 4.85. The van der Waals surface area contributed by atoms with Gasteiger partial charge in [0.05, 0.1) is 6.20 Å². The molecule has 5 nitrogen and oxygen atoms in total. The molecular weight excluding hydrogens is 365 g/mol. The first-order valence-electron chi connectivity index (χ1n) is 8.53. The highest BCUT2D eigenvalue weighted by molar-refractivity contribution is 7.79. The Hall–Kier alpha value is -2.80. The zero-order valence-corrected chi connectivity index (χ0v) is 15.6. The summed E-state index contributed by atoms with van der Waals surface area (Å²) in [6.07, 6.45) is 1.20. The predicted octanol–water partition coefficient (Wildman–Crippen LogP) is 4.54. The van der Waals surface area contributed by atoms with Gasteiger partial charge in [-0.2, -0.15) is 17.6 Å². The summed E-state index contributed by atoms with van der Waals surface area (Å²) in [5.41, 5.74) is 3.05. The lowest BCUT2D eigenvalue weighted by molar-refractivity contribution is 0.212. The number of anilines is 2. The molecule has 1 aromatic carbocycles. The third-order valence-electron chi connectivity index (χ3n) is 4.17. The minimum Gasteiger partial charge on any atom is -0.489 e. The largest absolute Gasteiger partial charge is 0.489 e. The van der Waals surface area contributed by atoms with Crippen molar-refractivity contribution < 1.29 is 13.9 Å². The van der Waals surface area contributed by atoms with E-state index in [1.165, 1.54) is 6.20 Å². The van der Waals surface area contributed by atoms with Gasteiger partial charge in [0.15, 0.2) is 0 Å². The van der Waals surface area contributed by atoms with Crippen molar-refractivity contribution >= 4 is 24.3 Å². The molecule has 0 radical (unpaired) electrons. The third-order valence-corrected chi connectivity index (χ3v) is 4.54. The van der Waals surface area contributed by atoms with E-state index in [2.05, 4.69) is 27.9 Å². The van der Waals surface area contributed by atoms with Crippen LogP contribution in [-0.2, 0) is 5.75 Å². The van der Waals surface area contributed by atoms with E-state index in [1.807, 2.05) is 37.3 Å². The number of ether oxygens (including phenoxy) is 2. The van der Waals surface area contributed by atoms with E-state index in [0.29, 0.717) is 53.4 Å². The number of rotatable bonds is 1. The van der Waals surface area contributed by atoms with Crippen molar-refractivity contribution in [3.05, 3.63) is 59.5 Å². The van der Waals surface area contributed by atoms with Crippen LogP contribution in [0.5, 0.6) is 11.6 Å². The molecule has 0 fully saturated rings. The van der Waals surface area contributed by atoms with Crippen LogP contribution in [0.1, 0.15) is 11.1 Å². The Balaban J connectivity index is 1.84. The highest BCUT2D eigenvalue weighted by Crippen LogP contribution is 2.34. The molecule has 3 heterocycles. The SMILES string of the molecule is Cc1ccc2c(c1)OCCOc1cc(CS)cc(n1)Nc1cc-2c(F)cn1. The lowest BCUT2D eigenvalue weighted by Gasteiger charge is -2.13. The van der Waals surface area contributed by atoms with Gasteiger partial charge in [0, 0.05) is 22.9 Å². The number of aromatic nitrogens is 2. The molecule has 0 spiro atoms. The fraction of sp³-hybridized carbons (Fsp3) is 0.200. The van der Waals surface area contributed by atoms with Gasteiger partial charge in [-0.3, -0.25) is 0 Å². The molecule has 0 saturated carbocycles. The average Bonchev–Trinajstić information content (AvgIpc) is 2.67. The second-order valence-corrected chi connectivity index (χ2v) is 6.54. The summed E-state index contributed by atoms with van der Waals surface area (Å²) < 4.78 is 26.1. The van der Waals surface area contributed by atoms with Crippen LogP contribution in [0.15, 0.2) is 42.6 Å². The summed E-state index contributed by atoms with van der Waals surface area (Å²) in [5.74, 6) is 2.23. The first-order chi connectivity index (χ1) is 13.1. The van der Waals surface area contributed by atoms with E-state index >= 15 is 0 Å². The number of benzene rings is 1. The molecule has 3 aromatic rings. The molecule has 4 rings (SSSR count). The first kappa shape index (κ1) is 17.6. The fourth-order valence-electron chi connectivity index (χ4n) is 2.90. The van der Waals surface area contributed by atoms with Gasteiger partial charge in [0.2, 0.25) is 5.88 Å². The van der Waals surface area contributed by atoms with Crippen LogP contribution >= 0.6 is 12.6 Å². The van der Waals surface area contributed by atoms with E-state index < -0.39 is 5.82 Å². The van der Waals surface area contributed by atoms with Gasteiger partial charge in [-0.1, -0.05) is 12.1 Å². The summed E-state index contributed by atoms with van der Waals surface area (Å²) in [6.45, 7) is 2.59. The van der Waals surface area contributed by atoms with Crippen molar-refractivity contribution in [1.82, 2.24) is 9.97 Å². The molecule has 138 valence electrons. The molecule has 0 atom stereocenters. The van der Waals surface area contributed by atoms with Gasteiger partial charge in [-0.15, -0.1) is 0 Å². The van der Waals surface area contributed by atoms with Crippen molar-refractivity contribution in [2.75, 3.05) is 18.5 Å². The maximum Gasteiger partial charge on any atom is 0.215 e. The maximum absolute atomic E-state index is 14.5. The quantitative estimate of drug-likeness (QED) is 0.605. The van der Waals surface area contributed by atoms with Gasteiger partial charge in [-0.05, 0) is 36.2 Å². The molecule has 27 heavy (non-hydrogen) atoms. The van der Waals surface area contributed by atoms with E-state index in [1.54, 1.807) is 6.07 Å². The van der Waals surface area contributed by atoms with Gasteiger partial charge in [0.25, 0.3) is 0 Å². The number of aryl methyl sites for hydroxylation is 1. The second kappa shape index (κ2) is 7.44. The Labute approximate surface area is 162 Å². The van der Waals surface area contributed by atoms with Gasteiger partial charge < -0.3 is 14.8 Å². The summed E-state index contributed by atoms with van der Waals surface area (Å²) in [7, 11) is 0. The van der Waals surface area contributed by atoms with E-state index in [9.17, 15) is 4.39 Å². The van der Waals surface area contributed by atoms with Crippen molar-refractivity contribution in [2.24, 2.45) is 0 Å². The molecule has 1 N–H and O–H groups in total. The normalized spacial score (nSPS) is 13.0. The van der Waals surface area contributed by atoms with Crippen molar-refractivity contribution in [3.63, 3.8) is 0 Å². The number of nitrogens with one attached hydrogen (secondary N) is 1. The summed E-state index contributed by atoms with van der Waals surface area (Å²) in [6, 6.07) is 11.0. The molecule has 2 aromatic heterocycles. The molecular formula is C20H18FN3O2S. The van der Waals surface area contributed by atoms with Crippen molar-refractivity contribution in [2.45, 2.75) is 12.7 Å². The van der Waals surface area contributed by atoms with Crippen molar-refractivity contribution in [1.29, 1.82) is 0 Å². The zero-order chi connectivity index (χ0) is 18.8. The minimum atomic E-state index is -0.418. The Morgan fingerprint density at radius 3 is 2.78 bits per heavy atom. The average molecular weight is 383 g/mol. The summed E-state index contributed by atoms with van der Waals surface area (Å²) in [5, 5.41) is 3.12. The first-order valence-corrected chi connectivity index (χ1v) is 9.16. The van der Waals surface area contributed by atoms with Gasteiger partial charge in [0.1, 0.15) is 36.4 Å². The summed E-state index contributed by atoms with van der Waals surface area (Å²) in [4.78, 5) is 8.56. The molecule has 1 aliphatic rings. The number of fused-ring (bicyclic) bond motifs is 6. The highest BCUT2D eigenvalue weighted by Gasteiger charge is 2.15. The molecule has 4 bridgehead atoms. The zero-order valence-electron chi connectivity index (χ0n) is 14.7. The highest BCUT2D eigenvalue weighted by atomic mass is 32.1. The van der Waals surface area contributed by atoms with Crippen LogP contribution in [0.25, 0.3) is 11.1 Å². The third kappa shape index (κ3) is 3.83.